The highest BCUT2D eigenvalue weighted by Gasteiger charge is 2.54. The van der Waals surface area contributed by atoms with Gasteiger partial charge in [0, 0.05) is 24.7 Å². The number of rotatable bonds is 4. The molecule has 166 valence electrons. The second kappa shape index (κ2) is 7.60. The van der Waals surface area contributed by atoms with Crippen molar-refractivity contribution in [1.82, 2.24) is 14.5 Å². The number of carbonyl (C=O) groups is 1. The van der Waals surface area contributed by atoms with Crippen LogP contribution in [0.15, 0.2) is 36.5 Å². The summed E-state index contributed by atoms with van der Waals surface area (Å²) in [5.41, 5.74) is 6.63. The van der Waals surface area contributed by atoms with E-state index in [9.17, 15) is 22.4 Å². The molecule has 2 fully saturated rings. The number of benzene rings is 2. The van der Waals surface area contributed by atoms with Crippen LogP contribution >= 0.6 is 11.6 Å². The zero-order valence-electron chi connectivity index (χ0n) is 16.5. The number of piperidine rings is 1. The van der Waals surface area contributed by atoms with Crippen LogP contribution < -0.4 is 5.73 Å². The van der Waals surface area contributed by atoms with Gasteiger partial charge in [-0.1, -0.05) is 11.6 Å². The van der Waals surface area contributed by atoms with Gasteiger partial charge in [0.15, 0.2) is 17.5 Å². The molecule has 5 nitrogen and oxygen atoms in total. The van der Waals surface area contributed by atoms with Gasteiger partial charge in [0.05, 0.1) is 17.8 Å². The number of amides is 1. The lowest BCUT2D eigenvalue weighted by Crippen LogP contribution is -2.35. The minimum absolute atomic E-state index is 0.0919. The third-order valence-electron chi connectivity index (χ3n) is 6.18. The van der Waals surface area contributed by atoms with Gasteiger partial charge in [-0.3, -0.25) is 4.79 Å². The fraction of sp³-hybridized carbons (Fsp3) is 0.273. The summed E-state index contributed by atoms with van der Waals surface area (Å²) in [7, 11) is 0. The van der Waals surface area contributed by atoms with E-state index in [1.165, 1.54) is 22.9 Å². The molecule has 2 unspecified atom stereocenters. The molecule has 3 aromatic rings. The number of likely N-dealkylation sites (tertiary alicyclic amines) is 1. The molecule has 2 N–H and O–H groups in total. The average Bonchev–Trinajstić information content (AvgIpc) is 3.14. The largest absolute Gasteiger partial charge is 0.337 e. The van der Waals surface area contributed by atoms with Crippen LogP contribution in [0.25, 0.3) is 11.4 Å². The number of aromatic nitrogens is 2. The summed E-state index contributed by atoms with van der Waals surface area (Å²) in [5.74, 6) is -4.40. The number of imidazole rings is 1. The zero-order chi connectivity index (χ0) is 22.7. The standard InChI is InChI=1S/C22H17ClF4N4O/c23-14-5-11(1-2-15(14)24)21-29-6-18(22(32)30-8-12-13(9-30)20(12)28)31(21)7-10-3-16(25)19(27)17(26)4-10/h1-6,12-13,20H,7-9,28H2. The Hall–Kier alpha value is -2.91. The maximum Gasteiger partial charge on any atom is 0.272 e. The zero-order valence-corrected chi connectivity index (χ0v) is 17.3. The molecular weight excluding hydrogens is 448 g/mol. The van der Waals surface area contributed by atoms with Crippen LogP contribution in [0.3, 0.4) is 0 Å². The minimum Gasteiger partial charge on any atom is -0.337 e. The summed E-state index contributed by atoms with van der Waals surface area (Å²) in [6, 6.07) is 5.76. The SMILES string of the molecule is NC1C2CN(C(=O)c3cnc(-c4ccc(F)c(Cl)c4)n3Cc3cc(F)c(F)c(F)c3)CC12. The molecule has 5 rings (SSSR count). The van der Waals surface area contributed by atoms with Crippen LogP contribution in [0.5, 0.6) is 0 Å². The van der Waals surface area contributed by atoms with Gasteiger partial charge < -0.3 is 15.2 Å². The Morgan fingerprint density at radius 1 is 1.06 bits per heavy atom. The van der Waals surface area contributed by atoms with Gasteiger partial charge in [-0.25, -0.2) is 22.5 Å². The topological polar surface area (TPSA) is 64.2 Å². The van der Waals surface area contributed by atoms with Gasteiger partial charge >= 0.3 is 0 Å². The first-order valence-electron chi connectivity index (χ1n) is 9.94. The molecule has 0 bridgehead atoms. The molecule has 1 aromatic heterocycles. The van der Waals surface area contributed by atoms with Gasteiger partial charge in [-0.05, 0) is 47.7 Å². The van der Waals surface area contributed by atoms with E-state index in [1.54, 1.807) is 4.90 Å². The van der Waals surface area contributed by atoms with Gasteiger partial charge in [0.2, 0.25) is 0 Å². The molecule has 2 heterocycles. The number of hydrogen-bond acceptors (Lipinski definition) is 3. The molecule has 2 atom stereocenters. The Labute approximate surface area is 185 Å². The summed E-state index contributed by atoms with van der Waals surface area (Å²) in [5, 5.41) is -0.141. The van der Waals surface area contributed by atoms with Crippen LogP contribution in [0.4, 0.5) is 17.6 Å². The van der Waals surface area contributed by atoms with Crippen molar-refractivity contribution < 1.29 is 22.4 Å². The number of nitrogens with zero attached hydrogens (tertiary/aromatic N) is 3. The molecule has 0 radical (unpaired) electrons. The van der Waals surface area contributed by atoms with Gasteiger partial charge in [0.1, 0.15) is 17.3 Å². The summed E-state index contributed by atoms with van der Waals surface area (Å²) >= 11 is 5.90. The number of hydrogen-bond donors (Lipinski definition) is 1. The van der Waals surface area contributed by atoms with E-state index in [0.29, 0.717) is 18.7 Å². The highest BCUT2D eigenvalue weighted by molar-refractivity contribution is 6.31. The first-order valence-corrected chi connectivity index (χ1v) is 10.3. The fourth-order valence-corrected chi connectivity index (χ4v) is 4.53. The molecule has 2 aromatic carbocycles. The molecule has 32 heavy (non-hydrogen) atoms. The predicted octanol–water partition coefficient (Wildman–Crippen LogP) is 3.84. The van der Waals surface area contributed by atoms with Crippen molar-refractivity contribution in [3.63, 3.8) is 0 Å². The summed E-state index contributed by atoms with van der Waals surface area (Å²) in [4.78, 5) is 19.2. The lowest BCUT2D eigenvalue weighted by atomic mass is 10.1. The second-order valence-corrected chi connectivity index (χ2v) is 8.58. The normalized spacial score (nSPS) is 21.7. The lowest BCUT2D eigenvalue weighted by Gasteiger charge is -2.20. The molecular formula is C22H17ClF4N4O. The molecule has 1 aliphatic heterocycles. The van der Waals surface area contributed by atoms with Crippen LogP contribution in [-0.2, 0) is 6.54 Å². The first-order chi connectivity index (χ1) is 15.2. The van der Waals surface area contributed by atoms with E-state index in [4.69, 9.17) is 17.3 Å². The van der Waals surface area contributed by atoms with E-state index in [-0.39, 0.29) is 52.4 Å². The maximum atomic E-state index is 13.8. The van der Waals surface area contributed by atoms with Crippen molar-refractivity contribution >= 4 is 17.5 Å². The van der Waals surface area contributed by atoms with Gasteiger partial charge in [-0.2, -0.15) is 0 Å². The van der Waals surface area contributed by atoms with Crippen LogP contribution in [0, 0.1) is 35.1 Å². The van der Waals surface area contributed by atoms with Crippen molar-refractivity contribution in [3.8, 4) is 11.4 Å². The Balaban J connectivity index is 1.55. The van der Waals surface area contributed by atoms with E-state index in [2.05, 4.69) is 4.98 Å². The van der Waals surface area contributed by atoms with Gasteiger partial charge in [-0.15, -0.1) is 0 Å². The number of halogens is 5. The Kier molecular flexibility index (Phi) is 4.98. The van der Waals surface area contributed by atoms with E-state index in [1.807, 2.05) is 0 Å². The fourth-order valence-electron chi connectivity index (χ4n) is 4.35. The van der Waals surface area contributed by atoms with Crippen molar-refractivity contribution in [2.24, 2.45) is 17.6 Å². The van der Waals surface area contributed by atoms with Crippen molar-refractivity contribution in [3.05, 3.63) is 76.1 Å². The second-order valence-electron chi connectivity index (χ2n) is 8.17. The van der Waals surface area contributed by atoms with Gasteiger partial charge in [0.25, 0.3) is 5.91 Å². The summed E-state index contributed by atoms with van der Waals surface area (Å²) in [6.45, 7) is 0.875. The molecule has 2 aliphatic rings. The highest BCUT2D eigenvalue weighted by atomic mass is 35.5. The Bertz CT molecular complexity index is 1210. The smallest absolute Gasteiger partial charge is 0.272 e. The molecule has 1 aliphatic carbocycles. The monoisotopic (exact) mass is 464 g/mol. The Morgan fingerprint density at radius 3 is 2.34 bits per heavy atom. The maximum absolute atomic E-state index is 13.8. The predicted molar refractivity (Wildman–Crippen MR) is 109 cm³/mol. The molecule has 1 amide bonds. The van der Waals surface area contributed by atoms with E-state index >= 15 is 0 Å². The van der Waals surface area contributed by atoms with Crippen LogP contribution in [0.1, 0.15) is 16.1 Å². The lowest BCUT2D eigenvalue weighted by molar-refractivity contribution is 0.0763. The Morgan fingerprint density at radius 2 is 1.72 bits per heavy atom. The molecule has 1 saturated carbocycles. The first kappa shape index (κ1) is 21.0. The van der Waals surface area contributed by atoms with Crippen LogP contribution in [-0.4, -0.2) is 39.5 Å². The highest BCUT2D eigenvalue weighted by Crippen LogP contribution is 2.44. The number of fused-ring (bicyclic) bond motifs is 1. The van der Waals surface area contributed by atoms with Crippen molar-refractivity contribution in [1.29, 1.82) is 0 Å². The number of carbonyl (C=O) groups excluding carboxylic acids is 1. The average molecular weight is 465 g/mol. The minimum atomic E-state index is -1.58. The third-order valence-corrected chi connectivity index (χ3v) is 6.47. The van der Waals surface area contributed by atoms with Crippen molar-refractivity contribution in [2.75, 3.05) is 13.1 Å². The molecule has 10 heteroatoms. The van der Waals surface area contributed by atoms with E-state index < -0.39 is 23.3 Å². The number of nitrogens with two attached hydrogens (primary N) is 1. The third kappa shape index (κ3) is 3.45. The van der Waals surface area contributed by atoms with Crippen molar-refractivity contribution in [2.45, 2.75) is 12.6 Å². The van der Waals surface area contributed by atoms with E-state index in [0.717, 1.165) is 18.2 Å². The van der Waals surface area contributed by atoms with Crippen LogP contribution in [0.2, 0.25) is 5.02 Å². The quantitative estimate of drug-likeness (QED) is 0.471. The summed E-state index contributed by atoms with van der Waals surface area (Å²) < 4.78 is 56.1. The summed E-state index contributed by atoms with van der Waals surface area (Å²) in [6.07, 6.45) is 1.36. The molecule has 1 saturated heterocycles. The molecule has 0 spiro atoms.